The largest absolute Gasteiger partial charge is 0.481 e. The summed E-state index contributed by atoms with van der Waals surface area (Å²) in [5.41, 5.74) is 0. The van der Waals surface area contributed by atoms with Crippen LogP contribution in [0.4, 0.5) is 0 Å². The highest BCUT2D eigenvalue weighted by Crippen LogP contribution is 2.02. The number of allylic oxidation sites excluding steroid dienone is 1. The second kappa shape index (κ2) is 4.49. The number of carbonyl (C=O) groups is 2. The minimum atomic E-state index is -1.05. The van der Waals surface area contributed by atoms with E-state index in [1.54, 1.807) is 6.92 Å². The lowest BCUT2D eigenvalue weighted by Crippen LogP contribution is -2.02. The summed E-state index contributed by atoms with van der Waals surface area (Å²) < 4.78 is 0. The molecular formula is C7H10O4. The molecule has 62 valence electrons. The minimum Gasteiger partial charge on any atom is -0.481 e. The van der Waals surface area contributed by atoms with Crippen molar-refractivity contribution in [3.05, 3.63) is 12.2 Å². The summed E-state index contributed by atoms with van der Waals surface area (Å²) in [4.78, 5) is 20.0. The molecule has 1 atom stereocenters. The van der Waals surface area contributed by atoms with Crippen molar-refractivity contribution in [3.8, 4) is 0 Å². The highest BCUT2D eigenvalue weighted by molar-refractivity contribution is 5.79. The van der Waals surface area contributed by atoms with Crippen molar-refractivity contribution in [2.24, 2.45) is 5.92 Å². The highest BCUT2D eigenvalue weighted by atomic mass is 16.4. The molecule has 0 aromatic carbocycles. The van der Waals surface area contributed by atoms with Gasteiger partial charge in [-0.1, -0.05) is 13.0 Å². The van der Waals surface area contributed by atoms with Gasteiger partial charge < -0.3 is 10.2 Å². The summed E-state index contributed by atoms with van der Waals surface area (Å²) in [6.45, 7) is 1.65. The van der Waals surface area contributed by atoms with E-state index in [2.05, 4.69) is 0 Å². The first-order valence-corrected chi connectivity index (χ1v) is 3.15. The first-order valence-electron chi connectivity index (χ1n) is 3.15. The maximum Gasteiger partial charge on any atom is 0.327 e. The highest BCUT2D eigenvalue weighted by Gasteiger charge is 2.03. The van der Waals surface area contributed by atoms with Gasteiger partial charge in [-0.25, -0.2) is 4.79 Å². The first kappa shape index (κ1) is 9.68. The molecule has 4 heteroatoms. The van der Waals surface area contributed by atoms with Gasteiger partial charge in [0, 0.05) is 6.08 Å². The van der Waals surface area contributed by atoms with E-state index in [1.165, 1.54) is 6.08 Å². The Morgan fingerprint density at radius 2 is 2.00 bits per heavy atom. The zero-order valence-corrected chi connectivity index (χ0v) is 6.15. The van der Waals surface area contributed by atoms with E-state index in [9.17, 15) is 9.59 Å². The van der Waals surface area contributed by atoms with E-state index < -0.39 is 11.9 Å². The van der Waals surface area contributed by atoms with Crippen LogP contribution in [0.1, 0.15) is 13.3 Å². The first-order chi connectivity index (χ1) is 5.02. The monoisotopic (exact) mass is 158 g/mol. The third kappa shape index (κ3) is 6.57. The van der Waals surface area contributed by atoms with Crippen LogP contribution in [-0.4, -0.2) is 22.2 Å². The summed E-state index contributed by atoms with van der Waals surface area (Å²) >= 11 is 0. The molecule has 4 nitrogen and oxygen atoms in total. The molecule has 0 aromatic heterocycles. The lowest BCUT2D eigenvalue weighted by atomic mass is 10.1. The SMILES string of the molecule is CC(/C=C/C(=O)O)CC(=O)O. The summed E-state index contributed by atoms with van der Waals surface area (Å²) in [5, 5.41) is 16.4. The molecule has 0 bridgehead atoms. The van der Waals surface area contributed by atoms with Crippen LogP contribution in [0, 0.1) is 5.92 Å². The number of rotatable bonds is 4. The van der Waals surface area contributed by atoms with E-state index in [0.717, 1.165) is 6.08 Å². The van der Waals surface area contributed by atoms with Gasteiger partial charge in [0.15, 0.2) is 0 Å². The van der Waals surface area contributed by atoms with Crippen molar-refractivity contribution in [2.75, 3.05) is 0 Å². The normalized spacial score (nSPS) is 13.2. The number of hydrogen-bond donors (Lipinski definition) is 2. The molecule has 0 rings (SSSR count). The summed E-state index contributed by atoms with van der Waals surface area (Å²) in [6, 6.07) is 0. The Morgan fingerprint density at radius 1 is 1.45 bits per heavy atom. The molecule has 0 aliphatic carbocycles. The Labute approximate surface area is 64.2 Å². The molecule has 0 saturated carbocycles. The molecule has 0 aromatic rings. The number of hydrogen-bond acceptors (Lipinski definition) is 2. The van der Waals surface area contributed by atoms with Crippen molar-refractivity contribution in [2.45, 2.75) is 13.3 Å². The van der Waals surface area contributed by atoms with Crippen LogP contribution in [0.5, 0.6) is 0 Å². The standard InChI is InChI=1S/C7H10O4/c1-5(4-7(10)11)2-3-6(8)9/h2-3,5H,4H2,1H3,(H,8,9)(H,10,11)/b3-2+. The molecule has 1 unspecified atom stereocenters. The summed E-state index contributed by atoms with van der Waals surface area (Å²) in [5.74, 6) is -2.21. The number of carboxylic acids is 2. The van der Waals surface area contributed by atoms with Gasteiger partial charge in [0.05, 0.1) is 6.42 Å². The molecule has 0 aliphatic heterocycles. The van der Waals surface area contributed by atoms with Gasteiger partial charge in [0.2, 0.25) is 0 Å². The van der Waals surface area contributed by atoms with Crippen LogP contribution in [0.15, 0.2) is 12.2 Å². The van der Waals surface area contributed by atoms with Crippen LogP contribution in [-0.2, 0) is 9.59 Å². The maximum absolute atomic E-state index is 10.1. The van der Waals surface area contributed by atoms with Crippen molar-refractivity contribution in [1.29, 1.82) is 0 Å². The fourth-order valence-corrected chi connectivity index (χ4v) is 0.590. The number of carboxylic acid groups (broad SMARTS) is 2. The van der Waals surface area contributed by atoms with Crippen molar-refractivity contribution in [3.63, 3.8) is 0 Å². The predicted octanol–water partition coefficient (Wildman–Crippen LogP) is 0.738. The lowest BCUT2D eigenvalue weighted by Gasteiger charge is -1.98. The average molecular weight is 158 g/mol. The molecule has 0 spiro atoms. The molecule has 0 saturated heterocycles. The zero-order chi connectivity index (χ0) is 8.85. The van der Waals surface area contributed by atoms with Gasteiger partial charge in [-0.2, -0.15) is 0 Å². The molecule has 0 aliphatic rings. The maximum atomic E-state index is 10.1. The third-order valence-electron chi connectivity index (χ3n) is 1.06. The average Bonchev–Trinajstić information content (AvgIpc) is 1.82. The summed E-state index contributed by atoms with van der Waals surface area (Å²) in [7, 11) is 0. The third-order valence-corrected chi connectivity index (χ3v) is 1.06. The molecule has 0 radical (unpaired) electrons. The predicted molar refractivity (Wildman–Crippen MR) is 38.2 cm³/mol. The van der Waals surface area contributed by atoms with Gasteiger partial charge in [-0.3, -0.25) is 4.79 Å². The van der Waals surface area contributed by atoms with Gasteiger partial charge in [0.1, 0.15) is 0 Å². The smallest absolute Gasteiger partial charge is 0.327 e. The van der Waals surface area contributed by atoms with E-state index in [-0.39, 0.29) is 12.3 Å². The van der Waals surface area contributed by atoms with Crippen molar-refractivity contribution in [1.82, 2.24) is 0 Å². The van der Waals surface area contributed by atoms with Crippen LogP contribution >= 0.6 is 0 Å². The van der Waals surface area contributed by atoms with E-state index in [4.69, 9.17) is 10.2 Å². The Hall–Kier alpha value is -1.32. The van der Waals surface area contributed by atoms with Gasteiger partial charge >= 0.3 is 11.9 Å². The van der Waals surface area contributed by atoms with Crippen LogP contribution < -0.4 is 0 Å². The van der Waals surface area contributed by atoms with Crippen LogP contribution in [0.25, 0.3) is 0 Å². The van der Waals surface area contributed by atoms with Crippen LogP contribution in [0.2, 0.25) is 0 Å². The topological polar surface area (TPSA) is 74.6 Å². The Morgan fingerprint density at radius 3 is 2.36 bits per heavy atom. The minimum absolute atomic E-state index is 0.0379. The fraction of sp³-hybridized carbons (Fsp3) is 0.429. The fourth-order valence-electron chi connectivity index (χ4n) is 0.590. The summed E-state index contributed by atoms with van der Waals surface area (Å²) in [6.07, 6.45) is 2.27. The molecule has 2 N–H and O–H groups in total. The van der Waals surface area contributed by atoms with Gasteiger partial charge in [-0.15, -0.1) is 0 Å². The van der Waals surface area contributed by atoms with Gasteiger partial charge in [0.25, 0.3) is 0 Å². The van der Waals surface area contributed by atoms with Gasteiger partial charge in [-0.05, 0) is 5.92 Å². The van der Waals surface area contributed by atoms with E-state index in [0.29, 0.717) is 0 Å². The molecule has 0 heterocycles. The van der Waals surface area contributed by atoms with E-state index in [1.807, 2.05) is 0 Å². The molecule has 0 fully saturated rings. The Balaban J connectivity index is 3.77. The molecular weight excluding hydrogens is 148 g/mol. The van der Waals surface area contributed by atoms with Crippen LogP contribution in [0.3, 0.4) is 0 Å². The molecule has 11 heavy (non-hydrogen) atoms. The Kier molecular flexibility index (Phi) is 3.95. The van der Waals surface area contributed by atoms with Crippen molar-refractivity contribution >= 4 is 11.9 Å². The Bertz CT molecular complexity index is 183. The van der Waals surface area contributed by atoms with E-state index >= 15 is 0 Å². The second-order valence-electron chi connectivity index (χ2n) is 2.27. The van der Waals surface area contributed by atoms with Crippen molar-refractivity contribution < 1.29 is 19.8 Å². The number of aliphatic carboxylic acids is 2. The quantitative estimate of drug-likeness (QED) is 0.591. The lowest BCUT2D eigenvalue weighted by molar-refractivity contribution is -0.137. The second-order valence-corrected chi connectivity index (χ2v) is 2.27. The zero-order valence-electron chi connectivity index (χ0n) is 6.15. The molecule has 0 amide bonds.